The van der Waals surface area contributed by atoms with E-state index in [9.17, 15) is 26.3 Å². The zero-order chi connectivity index (χ0) is 16.5. The molecule has 1 aromatic heterocycles. The fourth-order valence-electron chi connectivity index (χ4n) is 1.71. The zero-order valence-electron chi connectivity index (χ0n) is 10.7. The number of nitrogens with two attached hydrogens (primary N) is 1. The number of aromatic nitrogens is 2. The van der Waals surface area contributed by atoms with E-state index in [1.54, 1.807) is 0 Å². The van der Waals surface area contributed by atoms with Gasteiger partial charge in [0.15, 0.2) is 5.75 Å². The molecule has 0 fully saturated rings. The number of halogens is 6. The Labute approximate surface area is 120 Å². The first-order valence-corrected chi connectivity index (χ1v) is 5.78. The average molecular weight is 325 g/mol. The van der Waals surface area contributed by atoms with Gasteiger partial charge in [-0.05, 0) is 17.7 Å². The number of benzene rings is 1. The molecule has 22 heavy (non-hydrogen) atoms. The second-order valence-electron chi connectivity index (χ2n) is 4.34. The summed E-state index contributed by atoms with van der Waals surface area (Å²) in [7, 11) is 0. The van der Waals surface area contributed by atoms with Crippen LogP contribution >= 0.6 is 0 Å². The smallest absolute Gasteiger partial charge is 0.404 e. The van der Waals surface area contributed by atoms with Gasteiger partial charge in [-0.2, -0.15) is 18.3 Å². The maximum atomic E-state index is 12.2. The highest BCUT2D eigenvalue weighted by Gasteiger charge is 2.32. The van der Waals surface area contributed by atoms with E-state index in [2.05, 4.69) is 9.84 Å². The van der Waals surface area contributed by atoms with E-state index >= 15 is 0 Å². The molecule has 0 aliphatic carbocycles. The van der Waals surface area contributed by atoms with Gasteiger partial charge in [0.25, 0.3) is 0 Å². The number of ether oxygens (including phenoxy) is 1. The van der Waals surface area contributed by atoms with Gasteiger partial charge in [0.1, 0.15) is 6.54 Å². The van der Waals surface area contributed by atoms with Gasteiger partial charge in [-0.1, -0.05) is 6.07 Å². The van der Waals surface area contributed by atoms with E-state index < -0.39 is 24.8 Å². The molecule has 0 unspecified atom stereocenters. The summed E-state index contributed by atoms with van der Waals surface area (Å²) in [4.78, 5) is 0. The van der Waals surface area contributed by atoms with Crippen molar-refractivity contribution in [2.45, 2.75) is 19.1 Å². The third-order valence-electron chi connectivity index (χ3n) is 2.55. The lowest BCUT2D eigenvalue weighted by molar-refractivity contribution is -0.274. The largest absolute Gasteiger partial charge is 0.573 e. The molecule has 0 saturated carbocycles. The Bertz CT molecular complexity index is 662. The van der Waals surface area contributed by atoms with E-state index in [1.807, 2.05) is 0 Å². The van der Waals surface area contributed by atoms with Crippen molar-refractivity contribution in [1.29, 1.82) is 0 Å². The first kappa shape index (κ1) is 16.0. The molecule has 2 N–H and O–H groups in total. The average Bonchev–Trinajstić information content (AvgIpc) is 2.76. The van der Waals surface area contributed by atoms with Gasteiger partial charge < -0.3 is 10.5 Å². The monoisotopic (exact) mass is 325 g/mol. The van der Waals surface area contributed by atoms with E-state index in [0.29, 0.717) is 4.68 Å². The number of rotatable bonds is 3. The van der Waals surface area contributed by atoms with Crippen LogP contribution in [0, 0.1) is 0 Å². The van der Waals surface area contributed by atoms with Crippen molar-refractivity contribution in [3.8, 4) is 16.9 Å². The highest BCUT2D eigenvalue weighted by Crippen LogP contribution is 2.33. The van der Waals surface area contributed by atoms with E-state index in [1.165, 1.54) is 6.07 Å². The van der Waals surface area contributed by atoms with Crippen molar-refractivity contribution in [1.82, 2.24) is 9.78 Å². The van der Waals surface area contributed by atoms with Crippen molar-refractivity contribution >= 4 is 5.69 Å². The Morgan fingerprint density at radius 3 is 2.36 bits per heavy atom. The van der Waals surface area contributed by atoms with Crippen LogP contribution in [-0.2, 0) is 6.54 Å². The molecular weight excluding hydrogens is 316 g/mol. The SMILES string of the molecule is Nc1ccc(-c2cnn(CC(F)(F)F)c2)cc1OC(F)(F)F. The minimum atomic E-state index is -4.92. The number of alkyl halides is 6. The second-order valence-corrected chi connectivity index (χ2v) is 4.34. The fourth-order valence-corrected chi connectivity index (χ4v) is 1.71. The fraction of sp³-hybridized carbons (Fsp3) is 0.250. The summed E-state index contributed by atoms with van der Waals surface area (Å²) in [6.07, 6.45) is -7.20. The number of nitrogens with zero attached hydrogens (tertiary/aromatic N) is 2. The van der Waals surface area contributed by atoms with E-state index in [0.717, 1.165) is 24.5 Å². The summed E-state index contributed by atoms with van der Waals surface area (Å²) >= 11 is 0. The molecule has 0 atom stereocenters. The summed E-state index contributed by atoms with van der Waals surface area (Å²) in [6.45, 7) is -1.30. The minimum absolute atomic E-state index is 0.196. The van der Waals surface area contributed by atoms with Crippen molar-refractivity contribution in [2.75, 3.05) is 5.73 Å². The normalized spacial score (nSPS) is 12.5. The first-order valence-electron chi connectivity index (χ1n) is 5.78. The van der Waals surface area contributed by atoms with Crippen LogP contribution in [0.15, 0.2) is 30.6 Å². The van der Waals surface area contributed by atoms with Gasteiger partial charge in [-0.15, -0.1) is 13.2 Å². The maximum Gasteiger partial charge on any atom is 0.573 e. The van der Waals surface area contributed by atoms with E-state index in [4.69, 9.17) is 5.73 Å². The van der Waals surface area contributed by atoms with Gasteiger partial charge in [0, 0.05) is 11.8 Å². The van der Waals surface area contributed by atoms with Gasteiger partial charge in [0.05, 0.1) is 11.9 Å². The topological polar surface area (TPSA) is 53.1 Å². The third kappa shape index (κ3) is 4.30. The Hall–Kier alpha value is -2.39. The standard InChI is InChI=1S/C12H9F6N3O/c13-11(14,15)6-21-5-8(4-20-21)7-1-2-9(19)10(3-7)22-12(16,17)18/h1-5H,6,19H2. The quantitative estimate of drug-likeness (QED) is 0.693. The summed E-state index contributed by atoms with van der Waals surface area (Å²) in [5, 5.41) is 3.51. The number of anilines is 1. The van der Waals surface area contributed by atoms with Gasteiger partial charge >= 0.3 is 12.5 Å². The molecule has 120 valence electrons. The molecule has 0 aliphatic rings. The predicted molar refractivity (Wildman–Crippen MR) is 64.8 cm³/mol. The molecule has 0 bridgehead atoms. The van der Waals surface area contributed by atoms with Crippen LogP contribution in [0.25, 0.3) is 11.1 Å². The summed E-state index contributed by atoms with van der Waals surface area (Å²) in [5.74, 6) is -0.631. The summed E-state index contributed by atoms with van der Waals surface area (Å²) in [6, 6.07) is 3.50. The molecule has 10 heteroatoms. The maximum absolute atomic E-state index is 12.2. The number of hydrogen-bond donors (Lipinski definition) is 1. The molecule has 0 radical (unpaired) electrons. The highest BCUT2D eigenvalue weighted by atomic mass is 19.4. The molecular formula is C12H9F6N3O. The molecule has 4 nitrogen and oxygen atoms in total. The molecule has 2 aromatic rings. The summed E-state index contributed by atoms with van der Waals surface area (Å²) < 4.78 is 77.8. The molecule has 1 heterocycles. The van der Waals surface area contributed by atoms with Gasteiger partial charge in [-0.25, -0.2) is 0 Å². The Morgan fingerprint density at radius 1 is 1.09 bits per heavy atom. The van der Waals surface area contributed by atoms with Crippen LogP contribution in [0.1, 0.15) is 0 Å². The Kier molecular flexibility index (Phi) is 3.94. The van der Waals surface area contributed by atoms with Crippen LogP contribution < -0.4 is 10.5 Å². The highest BCUT2D eigenvalue weighted by molar-refractivity contribution is 5.68. The van der Waals surface area contributed by atoms with Gasteiger partial charge in [-0.3, -0.25) is 4.68 Å². The number of nitrogen functional groups attached to an aromatic ring is 1. The van der Waals surface area contributed by atoms with Gasteiger partial charge in [0.2, 0.25) is 0 Å². The molecule has 2 rings (SSSR count). The Morgan fingerprint density at radius 2 is 1.77 bits per heavy atom. The molecule has 1 aromatic carbocycles. The lowest BCUT2D eigenvalue weighted by atomic mass is 10.1. The van der Waals surface area contributed by atoms with Crippen LogP contribution in [-0.4, -0.2) is 22.3 Å². The molecule has 0 aliphatic heterocycles. The zero-order valence-corrected chi connectivity index (χ0v) is 10.7. The van der Waals surface area contributed by atoms with Crippen LogP contribution in [0.4, 0.5) is 32.0 Å². The third-order valence-corrected chi connectivity index (χ3v) is 2.55. The van der Waals surface area contributed by atoms with Crippen LogP contribution in [0.5, 0.6) is 5.75 Å². The Balaban J connectivity index is 2.28. The molecule has 0 saturated heterocycles. The minimum Gasteiger partial charge on any atom is -0.404 e. The molecule has 0 spiro atoms. The van der Waals surface area contributed by atoms with Crippen molar-refractivity contribution in [3.63, 3.8) is 0 Å². The van der Waals surface area contributed by atoms with Crippen molar-refractivity contribution < 1.29 is 31.1 Å². The lowest BCUT2D eigenvalue weighted by Gasteiger charge is -2.12. The first-order chi connectivity index (χ1) is 10.0. The number of hydrogen-bond acceptors (Lipinski definition) is 3. The lowest BCUT2D eigenvalue weighted by Crippen LogP contribution is -2.18. The van der Waals surface area contributed by atoms with Crippen LogP contribution in [0.2, 0.25) is 0 Å². The predicted octanol–water partition coefficient (Wildman–Crippen LogP) is 3.59. The summed E-state index contributed by atoms with van der Waals surface area (Å²) in [5.41, 5.74) is 5.52. The van der Waals surface area contributed by atoms with Crippen LogP contribution in [0.3, 0.4) is 0 Å². The van der Waals surface area contributed by atoms with E-state index in [-0.39, 0.29) is 16.8 Å². The second kappa shape index (κ2) is 5.43. The van der Waals surface area contributed by atoms with Crippen molar-refractivity contribution in [2.24, 2.45) is 0 Å². The van der Waals surface area contributed by atoms with Crippen molar-refractivity contribution in [3.05, 3.63) is 30.6 Å². The molecule has 0 amide bonds.